The molecule has 1 unspecified atom stereocenters. The maximum absolute atomic E-state index is 11.2. The summed E-state index contributed by atoms with van der Waals surface area (Å²) < 4.78 is 0.599. The van der Waals surface area contributed by atoms with E-state index in [0.29, 0.717) is 9.82 Å². The Morgan fingerprint density at radius 3 is 2.75 bits per heavy atom. The number of nitroso groups, excluding NO2 is 1. The second-order valence-corrected chi connectivity index (χ2v) is 3.45. The molecular formula is C7H12N2O3. The first kappa shape index (κ1) is 9.15. The molecule has 0 aromatic heterocycles. The highest BCUT2D eigenvalue weighted by atomic mass is 16.5. The van der Waals surface area contributed by atoms with Crippen LogP contribution in [0.15, 0.2) is 11.9 Å². The van der Waals surface area contributed by atoms with E-state index < -0.39 is 11.8 Å². The van der Waals surface area contributed by atoms with Crippen molar-refractivity contribution in [1.82, 2.24) is 5.06 Å². The number of hydrogen-bond acceptors (Lipinski definition) is 4. The number of hydrogen-bond donors (Lipinski definition) is 1. The van der Waals surface area contributed by atoms with E-state index in [-0.39, 0.29) is 5.70 Å². The van der Waals surface area contributed by atoms with Gasteiger partial charge in [0, 0.05) is 23.5 Å². The Morgan fingerprint density at radius 1 is 1.75 bits per heavy atom. The summed E-state index contributed by atoms with van der Waals surface area (Å²) >= 11 is 0. The molecule has 0 bridgehead atoms. The first-order chi connectivity index (χ1) is 5.37. The number of allylic oxidation sites excluding steroid dienone is 1. The lowest BCUT2D eigenvalue weighted by Crippen LogP contribution is -2.54. The summed E-state index contributed by atoms with van der Waals surface area (Å²) in [5.41, 5.74) is -0.863. The molecule has 68 valence electrons. The molecule has 12 heavy (non-hydrogen) atoms. The Kier molecular flexibility index (Phi) is 1.93. The smallest absolute Gasteiger partial charge is 0.254 e. The van der Waals surface area contributed by atoms with Crippen LogP contribution in [0.5, 0.6) is 0 Å². The van der Waals surface area contributed by atoms with Crippen molar-refractivity contribution in [2.75, 3.05) is 0 Å². The molecule has 0 fully saturated rings. The third-order valence-electron chi connectivity index (χ3n) is 2.07. The molecule has 1 heterocycles. The number of aliphatic hydroxyl groups excluding tert-OH is 1. The van der Waals surface area contributed by atoms with Crippen LogP contribution in [-0.4, -0.2) is 26.7 Å². The van der Waals surface area contributed by atoms with Gasteiger partial charge in [-0.15, -0.1) is 0 Å². The minimum Gasteiger partial charge on any atom is -0.756 e. The zero-order chi connectivity index (χ0) is 9.52. The quantitative estimate of drug-likeness (QED) is 0.541. The van der Waals surface area contributed by atoms with Gasteiger partial charge in [0.15, 0.2) is 6.23 Å². The fraction of sp³-hybridized carbons (Fsp3) is 0.714. The van der Waals surface area contributed by atoms with E-state index in [4.69, 9.17) is 0 Å². The minimum atomic E-state index is -1.31. The van der Waals surface area contributed by atoms with Crippen molar-refractivity contribution in [2.45, 2.75) is 32.5 Å². The van der Waals surface area contributed by atoms with Gasteiger partial charge < -0.3 is 15.4 Å². The molecule has 1 atom stereocenters. The molecule has 0 amide bonds. The van der Waals surface area contributed by atoms with Crippen molar-refractivity contribution in [3.05, 3.63) is 22.0 Å². The zero-order valence-corrected chi connectivity index (χ0v) is 7.31. The molecule has 0 aromatic rings. The van der Waals surface area contributed by atoms with Crippen LogP contribution in [0.2, 0.25) is 0 Å². The van der Waals surface area contributed by atoms with E-state index in [1.807, 2.05) is 0 Å². The monoisotopic (exact) mass is 172 g/mol. The van der Waals surface area contributed by atoms with Gasteiger partial charge in [0.05, 0.1) is 5.70 Å². The van der Waals surface area contributed by atoms with Crippen LogP contribution in [0.25, 0.3) is 0 Å². The fourth-order valence-corrected chi connectivity index (χ4v) is 0.987. The third-order valence-corrected chi connectivity index (χ3v) is 2.07. The van der Waals surface area contributed by atoms with Crippen LogP contribution in [-0.2, 0) is 0 Å². The maximum atomic E-state index is 11.2. The third kappa shape index (κ3) is 1.11. The molecule has 0 radical (unpaired) electrons. The van der Waals surface area contributed by atoms with Gasteiger partial charge >= 0.3 is 0 Å². The highest BCUT2D eigenvalue weighted by Crippen LogP contribution is 2.25. The summed E-state index contributed by atoms with van der Waals surface area (Å²) in [6, 6.07) is 0. The van der Waals surface area contributed by atoms with Crippen molar-refractivity contribution in [3.63, 3.8) is 0 Å². The lowest BCUT2D eigenvalue weighted by molar-refractivity contribution is -0.586. The molecular weight excluding hydrogens is 160 g/mol. The highest BCUT2D eigenvalue weighted by molar-refractivity contribution is 5.01. The summed E-state index contributed by atoms with van der Waals surface area (Å²) in [6.45, 7) is 4.51. The lowest BCUT2D eigenvalue weighted by atomic mass is 10.0. The first-order valence-electron chi connectivity index (χ1n) is 3.66. The van der Waals surface area contributed by atoms with Crippen LogP contribution in [0.1, 0.15) is 20.8 Å². The average Bonchev–Trinajstić information content (AvgIpc) is 1.99. The zero-order valence-electron chi connectivity index (χ0n) is 7.31. The number of aliphatic hydroxyl groups is 1. The van der Waals surface area contributed by atoms with Gasteiger partial charge in [-0.3, -0.25) is 0 Å². The minimum absolute atomic E-state index is 0.219. The van der Waals surface area contributed by atoms with Crippen molar-refractivity contribution in [3.8, 4) is 0 Å². The van der Waals surface area contributed by atoms with Gasteiger partial charge in [-0.25, -0.2) is 0 Å². The summed E-state index contributed by atoms with van der Waals surface area (Å²) in [7, 11) is 0. The second kappa shape index (κ2) is 2.53. The largest absolute Gasteiger partial charge is 0.756 e. The van der Waals surface area contributed by atoms with Gasteiger partial charge in [-0.2, -0.15) is 0 Å². The van der Waals surface area contributed by atoms with Crippen molar-refractivity contribution < 1.29 is 9.87 Å². The van der Waals surface area contributed by atoms with E-state index in [1.165, 1.54) is 27.0 Å². The van der Waals surface area contributed by atoms with Crippen molar-refractivity contribution in [1.29, 1.82) is 0 Å². The number of nitrogens with zero attached hydrogens (tertiary/aromatic N) is 2. The van der Waals surface area contributed by atoms with Crippen LogP contribution < -0.4 is 0 Å². The van der Waals surface area contributed by atoms with E-state index in [1.54, 1.807) is 0 Å². The Balaban J connectivity index is 3.08. The van der Waals surface area contributed by atoms with Gasteiger partial charge in [0.2, 0.25) is 6.20 Å². The molecule has 0 spiro atoms. The van der Waals surface area contributed by atoms with Gasteiger partial charge in [-0.05, 0) is 6.92 Å². The summed E-state index contributed by atoms with van der Waals surface area (Å²) in [4.78, 5) is 11.2. The molecule has 0 saturated carbocycles. The maximum Gasteiger partial charge on any atom is 0.254 e. The fourth-order valence-electron chi connectivity index (χ4n) is 0.987. The Hall–Kier alpha value is -0.940. The Morgan fingerprint density at radius 2 is 2.25 bits per heavy atom. The summed E-state index contributed by atoms with van der Waals surface area (Å²) in [5.74, 6) is 0. The topological polar surface area (TPSA) is 66.6 Å². The predicted octanol–water partition coefficient (Wildman–Crippen LogP) is 0.537. The second-order valence-electron chi connectivity index (χ2n) is 3.45. The predicted molar refractivity (Wildman–Crippen MR) is 42.7 cm³/mol. The molecule has 1 rings (SSSR count). The molecule has 5 nitrogen and oxygen atoms in total. The normalized spacial score (nSPS) is 28.8. The van der Waals surface area contributed by atoms with E-state index in [0.717, 1.165) is 0 Å². The molecule has 0 aromatic carbocycles. The lowest BCUT2D eigenvalue weighted by Gasteiger charge is -2.41. The molecule has 5 heteroatoms. The number of rotatable bonds is 0. The summed E-state index contributed by atoms with van der Waals surface area (Å²) in [6.07, 6.45) is -0.125. The van der Waals surface area contributed by atoms with Gasteiger partial charge in [-0.1, -0.05) is 0 Å². The summed E-state index contributed by atoms with van der Waals surface area (Å²) in [5, 5.41) is 20.9. The van der Waals surface area contributed by atoms with E-state index in [2.05, 4.69) is 0 Å². The molecule has 1 N–H and O–H groups in total. The van der Waals surface area contributed by atoms with E-state index >= 15 is 0 Å². The Bertz CT molecular complexity index is 247. The van der Waals surface area contributed by atoms with Gasteiger partial charge in [0.1, 0.15) is 0 Å². The van der Waals surface area contributed by atoms with Crippen molar-refractivity contribution >= 4 is 0 Å². The molecule has 1 aliphatic heterocycles. The van der Waals surface area contributed by atoms with Crippen LogP contribution in [0.3, 0.4) is 0 Å². The molecule has 0 aliphatic carbocycles. The SMILES string of the molecule is CC1=C[N+](=O)C(C)(C)C(O)N1[O-]. The van der Waals surface area contributed by atoms with Crippen LogP contribution in [0.4, 0.5) is 0 Å². The molecule has 1 aliphatic rings. The van der Waals surface area contributed by atoms with E-state index in [9.17, 15) is 15.2 Å². The highest BCUT2D eigenvalue weighted by Gasteiger charge is 2.46. The van der Waals surface area contributed by atoms with Crippen LogP contribution in [0, 0.1) is 10.1 Å². The number of hydroxylamine groups is 2. The molecule has 0 saturated heterocycles. The van der Waals surface area contributed by atoms with Gasteiger partial charge in [0.25, 0.3) is 5.54 Å². The first-order valence-corrected chi connectivity index (χ1v) is 3.66. The van der Waals surface area contributed by atoms with Crippen LogP contribution >= 0.6 is 0 Å². The average molecular weight is 172 g/mol. The Labute approximate surface area is 70.4 Å². The van der Waals surface area contributed by atoms with Crippen molar-refractivity contribution in [2.24, 2.45) is 0 Å². The standard InChI is InChI=1S/C7H12N2O3/c1-5-4-8(11)7(2,3)6(10)9(5)12/h4,6,10H,1-3H3.